The molecule has 0 bridgehead atoms. The minimum absolute atomic E-state index is 0.0222. The Labute approximate surface area is 688 Å². The van der Waals surface area contributed by atoms with Gasteiger partial charge in [0, 0.05) is 166 Å². The van der Waals surface area contributed by atoms with E-state index >= 15 is 19.2 Å². The van der Waals surface area contributed by atoms with Crippen LogP contribution < -0.4 is 28.7 Å². The molecular weight excluding hydrogens is 1490 g/mol. The molecular formula is C102H90N6O11. The van der Waals surface area contributed by atoms with Crippen molar-refractivity contribution in [3.05, 3.63) is 312 Å². The number of para-hydroxylation sites is 8. The minimum Gasteiger partial charge on any atom is -0.493 e. The van der Waals surface area contributed by atoms with Crippen molar-refractivity contribution in [2.24, 2.45) is 0 Å². The van der Waals surface area contributed by atoms with E-state index in [1.54, 1.807) is 12.1 Å². The van der Waals surface area contributed by atoms with Crippen LogP contribution in [-0.2, 0) is 53.6 Å². The highest BCUT2D eigenvalue weighted by Crippen LogP contribution is 2.41. The van der Waals surface area contributed by atoms with Gasteiger partial charge in [-0.15, -0.1) is 0 Å². The molecule has 0 atom stereocenters. The molecule has 6 heterocycles. The lowest BCUT2D eigenvalue weighted by Gasteiger charge is -2.32. The number of amides is 2. The molecule has 19 rings (SSSR count). The first-order valence-corrected chi connectivity index (χ1v) is 41.6. The van der Waals surface area contributed by atoms with Crippen LogP contribution in [0, 0.1) is 0 Å². The molecule has 17 aromatic rings. The number of benzene rings is 13. The number of ether oxygens (including phenoxy) is 7. The number of aromatic nitrogens is 4. The minimum atomic E-state index is -0.823. The Hall–Kier alpha value is -13.6. The third-order valence-electron chi connectivity index (χ3n) is 23.4. The van der Waals surface area contributed by atoms with Gasteiger partial charge in [-0.1, -0.05) is 158 Å². The molecule has 2 aliphatic heterocycles. The molecule has 0 radical (unpaired) electrons. The lowest BCUT2D eigenvalue weighted by Crippen LogP contribution is -2.41. The van der Waals surface area contributed by atoms with E-state index in [0.717, 1.165) is 93.5 Å². The highest BCUT2D eigenvalue weighted by atomic mass is 16.5. The molecule has 0 aliphatic carbocycles. The molecule has 17 heteroatoms. The molecule has 13 aromatic carbocycles. The van der Waals surface area contributed by atoms with Crippen molar-refractivity contribution < 1.29 is 52.3 Å². The van der Waals surface area contributed by atoms with Gasteiger partial charge in [0.15, 0.2) is 0 Å². The zero-order chi connectivity index (χ0) is 80.1. The van der Waals surface area contributed by atoms with Gasteiger partial charge in [-0.2, -0.15) is 0 Å². The average molecular weight is 1580 g/mol. The van der Waals surface area contributed by atoms with Crippen LogP contribution in [0.3, 0.4) is 0 Å². The Morgan fingerprint density at radius 1 is 0.311 bits per heavy atom. The first-order valence-electron chi connectivity index (χ1n) is 41.6. The third-order valence-corrected chi connectivity index (χ3v) is 23.4. The fourth-order valence-corrected chi connectivity index (χ4v) is 17.8. The van der Waals surface area contributed by atoms with Crippen LogP contribution in [0.15, 0.2) is 279 Å². The lowest BCUT2D eigenvalue weighted by molar-refractivity contribution is 0.0468. The van der Waals surface area contributed by atoms with Crippen LogP contribution in [-0.4, -0.2) is 94.8 Å². The first kappa shape index (κ1) is 75.4. The summed E-state index contributed by atoms with van der Waals surface area (Å²) in [7, 11) is 0. The molecule has 17 nitrogen and oxygen atoms in total. The smallest absolute Gasteiger partial charge is 0.338 e. The maximum absolute atomic E-state index is 15.2. The van der Waals surface area contributed by atoms with Crippen molar-refractivity contribution in [3.63, 3.8) is 0 Å². The highest BCUT2D eigenvalue weighted by Gasteiger charge is 2.37. The second kappa shape index (κ2) is 33.9. The second-order valence-corrected chi connectivity index (χ2v) is 30.9. The summed E-state index contributed by atoms with van der Waals surface area (Å²) in [6.45, 7) is 6.79. The number of anilines is 2. The largest absolute Gasteiger partial charge is 0.493 e. The number of imide groups is 1. The van der Waals surface area contributed by atoms with Gasteiger partial charge in [-0.3, -0.25) is 9.59 Å². The van der Waals surface area contributed by atoms with Crippen molar-refractivity contribution in [1.29, 1.82) is 0 Å². The summed E-state index contributed by atoms with van der Waals surface area (Å²) in [5.74, 6) is -0.703. The predicted octanol–water partition coefficient (Wildman–Crippen LogP) is 22.1. The summed E-state index contributed by atoms with van der Waals surface area (Å²) in [6.07, 6.45) is 6.45. The van der Waals surface area contributed by atoms with Gasteiger partial charge < -0.3 is 56.3 Å². The molecule has 594 valence electrons. The van der Waals surface area contributed by atoms with Gasteiger partial charge in [-0.05, 0) is 172 Å². The van der Waals surface area contributed by atoms with Gasteiger partial charge in [0.05, 0.1) is 56.5 Å². The monoisotopic (exact) mass is 1570 g/mol. The maximum atomic E-state index is 15.2. The van der Waals surface area contributed by atoms with E-state index < -0.39 is 23.8 Å². The Bertz CT molecular complexity index is 5870. The lowest BCUT2D eigenvalue weighted by atomic mass is 9.92. The maximum Gasteiger partial charge on any atom is 0.338 e. The standard InChI is InChI=1S/C102H90N6O11/c109-99-87-35-25-34-86-89(103-50-56-113-57-51-103)45-44-88(98(86)87)100(110)108(99)73-63-71(101(111)118-67-69-58-74(114-52-21-17-46-104-90-36-9-1-26-78(90)79-27-2-10-37-91(79)104)65-75(59-69)115-53-22-18-47-105-92-38-11-3-28-80(92)81-29-4-12-39-93(81)105)62-72(64-73)102(112)119-68-70-60-76(116-54-23-19-48-106-94-40-13-5-30-82(94)83-31-6-14-41-95(83)106)66-77(61-70)117-55-24-20-49-107-96-42-15-7-32-84(96)85-33-8-16-43-97(85)107/h1-16,25-45,58-66H,17-24,46-57,67-68H2. The van der Waals surface area contributed by atoms with E-state index in [-0.39, 0.29) is 30.0 Å². The number of hydrogen-bond acceptors (Lipinski definition) is 12. The van der Waals surface area contributed by atoms with E-state index in [2.05, 4.69) is 217 Å². The number of morpholine rings is 1. The fraction of sp³-hybridized carbons (Fsp3) is 0.216. The summed E-state index contributed by atoms with van der Waals surface area (Å²) < 4.78 is 54.0. The Kier molecular flexibility index (Phi) is 21.5. The Morgan fingerprint density at radius 2 is 0.613 bits per heavy atom. The second-order valence-electron chi connectivity index (χ2n) is 30.9. The number of esters is 2. The molecule has 119 heavy (non-hydrogen) atoms. The SMILES string of the molecule is O=C(OCc1cc(OCCCCn2c3ccccc3c3ccccc32)cc(OCCCCn2c3ccccc3c3ccccc32)c1)c1cc(C(=O)OCc2cc(OCCCCn3c4ccccc4c4ccccc43)cc(OCCCCn3c4ccccc4c4ccccc43)c2)cc(N2C(=O)c3cccc4c(N5CCOCC5)ccc(c34)C2=O)c1. The van der Waals surface area contributed by atoms with Crippen LogP contribution in [0.2, 0.25) is 0 Å². The summed E-state index contributed by atoms with van der Waals surface area (Å²) in [5, 5.41) is 11.1. The number of carbonyl (C=O) groups excluding carboxylic acids is 4. The van der Waals surface area contributed by atoms with Gasteiger partial charge in [0.2, 0.25) is 0 Å². The molecule has 2 amide bonds. The molecule has 0 saturated carbocycles. The third kappa shape index (κ3) is 15.3. The van der Waals surface area contributed by atoms with E-state index in [9.17, 15) is 0 Å². The number of rotatable bonds is 32. The summed E-state index contributed by atoms with van der Waals surface area (Å²) >= 11 is 0. The van der Waals surface area contributed by atoms with Crippen LogP contribution in [0.25, 0.3) is 98.0 Å². The quantitative estimate of drug-likeness (QED) is 0.0223. The van der Waals surface area contributed by atoms with E-state index in [0.29, 0.717) is 103 Å². The van der Waals surface area contributed by atoms with E-state index in [4.69, 9.17) is 33.2 Å². The van der Waals surface area contributed by atoms with Crippen LogP contribution in [0.4, 0.5) is 11.4 Å². The number of hydrogen-bond donors (Lipinski definition) is 0. The van der Waals surface area contributed by atoms with Crippen molar-refractivity contribution in [2.45, 2.75) is 90.8 Å². The normalized spacial score (nSPS) is 13.0. The van der Waals surface area contributed by atoms with Crippen LogP contribution >= 0.6 is 0 Å². The van der Waals surface area contributed by atoms with Crippen LogP contribution in [0.5, 0.6) is 23.0 Å². The molecule has 4 aromatic heterocycles. The predicted molar refractivity (Wildman–Crippen MR) is 472 cm³/mol. The molecule has 1 saturated heterocycles. The Balaban J connectivity index is 0.587. The average Bonchev–Trinajstić information content (AvgIpc) is 1.72. The van der Waals surface area contributed by atoms with Gasteiger partial charge >= 0.3 is 11.9 Å². The number of fused-ring (bicyclic) bond motifs is 12. The molecule has 0 spiro atoms. The summed E-state index contributed by atoms with van der Waals surface area (Å²) in [6, 6.07) is 92.7. The van der Waals surface area contributed by atoms with Gasteiger partial charge in [0.1, 0.15) is 36.2 Å². The fourth-order valence-electron chi connectivity index (χ4n) is 17.8. The van der Waals surface area contributed by atoms with Gasteiger partial charge in [-0.25, -0.2) is 14.5 Å². The first-order chi connectivity index (χ1) is 58.7. The molecule has 0 unspecified atom stereocenters. The van der Waals surface area contributed by atoms with Crippen molar-refractivity contribution in [3.8, 4) is 23.0 Å². The highest BCUT2D eigenvalue weighted by molar-refractivity contribution is 6.37. The van der Waals surface area contributed by atoms with Gasteiger partial charge in [0.25, 0.3) is 11.8 Å². The van der Waals surface area contributed by atoms with Crippen molar-refractivity contribution in [1.82, 2.24) is 18.3 Å². The molecule has 1 fully saturated rings. The summed E-state index contributed by atoms with van der Waals surface area (Å²) in [4.78, 5) is 63.9. The number of nitrogens with zero attached hydrogens (tertiary/aromatic N) is 6. The topological polar surface area (TPSA) is 159 Å². The molecule has 0 N–H and O–H groups in total. The van der Waals surface area contributed by atoms with Crippen molar-refractivity contribution >= 4 is 133 Å². The number of carbonyl (C=O) groups is 4. The van der Waals surface area contributed by atoms with Crippen LogP contribution in [0.1, 0.15) is 104 Å². The zero-order valence-corrected chi connectivity index (χ0v) is 66.3. The van der Waals surface area contributed by atoms with Crippen molar-refractivity contribution in [2.75, 3.05) is 62.5 Å². The zero-order valence-electron chi connectivity index (χ0n) is 66.3. The number of unbranched alkanes of at least 4 members (excludes halogenated alkanes) is 4. The number of aryl methyl sites for hydroxylation is 4. The van der Waals surface area contributed by atoms with E-state index in [1.807, 2.05) is 54.6 Å². The van der Waals surface area contributed by atoms with E-state index in [1.165, 1.54) is 105 Å². The summed E-state index contributed by atoms with van der Waals surface area (Å²) in [5.41, 5.74) is 12.0. The molecule has 2 aliphatic rings. The Morgan fingerprint density at radius 3 is 0.941 bits per heavy atom.